The first-order valence-corrected chi connectivity index (χ1v) is 18.4. The molecular weight excluding hydrogens is 643 g/mol. The number of aryl methyl sites for hydroxylation is 1. The lowest BCUT2D eigenvalue weighted by molar-refractivity contribution is 0.590. The Kier molecular flexibility index (Phi) is 7.93. The minimum Gasteiger partial charge on any atom is -0.311 e. The van der Waals surface area contributed by atoms with Gasteiger partial charge in [0, 0.05) is 39.1 Å². The zero-order chi connectivity index (χ0) is 36.1. The molecule has 0 saturated heterocycles. The number of hydrogen-bond donors (Lipinski definition) is 0. The Balaban J connectivity index is 1.18. The van der Waals surface area contributed by atoms with Crippen LogP contribution in [0.1, 0.15) is 31.9 Å². The van der Waals surface area contributed by atoms with Crippen LogP contribution in [0.25, 0.3) is 60.8 Å². The van der Waals surface area contributed by atoms with Crippen LogP contribution in [0.4, 0.5) is 17.1 Å². The third-order valence-corrected chi connectivity index (χ3v) is 10.5. The standard InChI is InChI=1S/C50H41N3/c1-34-33-36(25-32-42(34)35-23-28-40(29-24-35)52(38-15-7-5-8-16-38)39-17-9-6-10-18-39)49-51-47-45-21-13-11-19-43(45)44-20-12-14-22-46(44)48(47)53(49)41-30-26-37(27-31-41)50(2,3)4/h5-33H,1-4H3. The zero-order valence-electron chi connectivity index (χ0n) is 30.6. The Morgan fingerprint density at radius 2 is 1.00 bits per heavy atom. The van der Waals surface area contributed by atoms with E-state index in [1.54, 1.807) is 0 Å². The van der Waals surface area contributed by atoms with E-state index >= 15 is 0 Å². The predicted molar refractivity (Wildman–Crippen MR) is 225 cm³/mol. The average molecular weight is 684 g/mol. The summed E-state index contributed by atoms with van der Waals surface area (Å²) in [6.07, 6.45) is 0. The van der Waals surface area contributed by atoms with E-state index in [4.69, 9.17) is 4.98 Å². The molecule has 3 heteroatoms. The van der Waals surface area contributed by atoms with Gasteiger partial charge >= 0.3 is 0 Å². The molecule has 0 spiro atoms. The molecule has 0 aliphatic rings. The molecule has 0 radical (unpaired) electrons. The van der Waals surface area contributed by atoms with Crippen molar-refractivity contribution in [2.45, 2.75) is 33.1 Å². The largest absolute Gasteiger partial charge is 0.311 e. The van der Waals surface area contributed by atoms with Crippen LogP contribution in [0, 0.1) is 6.92 Å². The van der Waals surface area contributed by atoms with Gasteiger partial charge in [-0.1, -0.05) is 142 Å². The lowest BCUT2D eigenvalue weighted by Crippen LogP contribution is -2.11. The molecule has 0 unspecified atom stereocenters. The van der Waals surface area contributed by atoms with Gasteiger partial charge in [0.15, 0.2) is 0 Å². The molecule has 0 bridgehead atoms. The van der Waals surface area contributed by atoms with Gasteiger partial charge in [0.2, 0.25) is 0 Å². The van der Waals surface area contributed by atoms with E-state index < -0.39 is 0 Å². The highest BCUT2D eigenvalue weighted by Crippen LogP contribution is 2.41. The highest BCUT2D eigenvalue weighted by molar-refractivity contribution is 6.24. The van der Waals surface area contributed by atoms with Crippen molar-refractivity contribution in [2.75, 3.05) is 4.90 Å². The van der Waals surface area contributed by atoms with Gasteiger partial charge in [-0.25, -0.2) is 4.98 Å². The van der Waals surface area contributed by atoms with Crippen molar-refractivity contribution in [1.82, 2.24) is 9.55 Å². The summed E-state index contributed by atoms with van der Waals surface area (Å²) < 4.78 is 2.38. The number of nitrogens with zero attached hydrogens (tertiary/aromatic N) is 3. The fourth-order valence-electron chi connectivity index (χ4n) is 7.78. The molecule has 9 aromatic rings. The fraction of sp³-hybridized carbons (Fsp3) is 0.100. The molecule has 3 nitrogen and oxygen atoms in total. The summed E-state index contributed by atoms with van der Waals surface area (Å²) in [4.78, 5) is 7.80. The summed E-state index contributed by atoms with van der Waals surface area (Å²) in [5.41, 5.74) is 12.7. The van der Waals surface area contributed by atoms with Crippen LogP contribution in [0.2, 0.25) is 0 Å². The number of imidazole rings is 1. The van der Waals surface area contributed by atoms with Gasteiger partial charge < -0.3 is 4.90 Å². The van der Waals surface area contributed by atoms with E-state index in [9.17, 15) is 0 Å². The first-order valence-electron chi connectivity index (χ1n) is 18.4. The average Bonchev–Trinajstić information content (AvgIpc) is 3.60. The fourth-order valence-corrected chi connectivity index (χ4v) is 7.78. The number of hydrogen-bond acceptors (Lipinski definition) is 2. The highest BCUT2D eigenvalue weighted by atomic mass is 15.1. The molecule has 0 amide bonds. The molecule has 9 rings (SSSR count). The number of para-hydroxylation sites is 2. The van der Waals surface area contributed by atoms with Gasteiger partial charge in [0.1, 0.15) is 5.82 Å². The van der Waals surface area contributed by atoms with Gasteiger partial charge in [-0.15, -0.1) is 0 Å². The molecule has 0 N–H and O–H groups in total. The van der Waals surface area contributed by atoms with Crippen LogP contribution in [0.15, 0.2) is 176 Å². The summed E-state index contributed by atoms with van der Waals surface area (Å²) in [5.74, 6) is 0.941. The predicted octanol–water partition coefficient (Wildman–Crippen LogP) is 13.7. The number of rotatable bonds is 6. The molecule has 53 heavy (non-hydrogen) atoms. The van der Waals surface area contributed by atoms with E-state index in [0.717, 1.165) is 45.2 Å². The smallest absolute Gasteiger partial charge is 0.145 e. The summed E-state index contributed by atoms with van der Waals surface area (Å²) in [7, 11) is 0. The number of anilines is 3. The summed E-state index contributed by atoms with van der Waals surface area (Å²) in [6.45, 7) is 9.00. The van der Waals surface area contributed by atoms with Crippen LogP contribution < -0.4 is 4.90 Å². The molecule has 256 valence electrons. The van der Waals surface area contributed by atoms with Crippen molar-refractivity contribution >= 4 is 49.6 Å². The Morgan fingerprint density at radius 1 is 0.491 bits per heavy atom. The van der Waals surface area contributed by atoms with Crippen molar-refractivity contribution in [1.29, 1.82) is 0 Å². The summed E-state index contributed by atoms with van der Waals surface area (Å²) >= 11 is 0. The molecule has 8 aromatic carbocycles. The molecular formula is C50H41N3. The molecule has 1 aromatic heterocycles. The molecule has 0 aliphatic heterocycles. The van der Waals surface area contributed by atoms with E-state index in [1.807, 2.05) is 0 Å². The SMILES string of the molecule is Cc1cc(-c2nc3c4ccccc4c4ccccc4c3n2-c2ccc(C(C)(C)C)cc2)ccc1-c1ccc(N(c2ccccc2)c2ccccc2)cc1. The Labute approximate surface area is 311 Å². The van der Waals surface area contributed by atoms with Gasteiger partial charge in [-0.2, -0.15) is 0 Å². The first kappa shape index (κ1) is 32.5. The van der Waals surface area contributed by atoms with Crippen LogP contribution in [-0.2, 0) is 5.41 Å². The molecule has 0 aliphatic carbocycles. The van der Waals surface area contributed by atoms with Gasteiger partial charge in [0.05, 0.1) is 11.0 Å². The quantitative estimate of drug-likeness (QED) is 0.163. The Hall–Kier alpha value is -6.45. The minimum absolute atomic E-state index is 0.0633. The Morgan fingerprint density at radius 3 is 1.58 bits per heavy atom. The number of fused-ring (bicyclic) bond motifs is 6. The molecule has 0 fully saturated rings. The lowest BCUT2D eigenvalue weighted by atomic mass is 9.87. The maximum atomic E-state index is 5.50. The second-order valence-corrected chi connectivity index (χ2v) is 14.9. The summed E-state index contributed by atoms with van der Waals surface area (Å²) in [5, 5.41) is 4.83. The topological polar surface area (TPSA) is 21.1 Å². The molecule has 0 saturated carbocycles. The monoisotopic (exact) mass is 683 g/mol. The minimum atomic E-state index is 0.0633. The second kappa shape index (κ2) is 13.0. The summed E-state index contributed by atoms with van der Waals surface area (Å²) in [6, 6.07) is 63.3. The third-order valence-electron chi connectivity index (χ3n) is 10.5. The van der Waals surface area contributed by atoms with Crippen molar-refractivity contribution in [2.24, 2.45) is 0 Å². The van der Waals surface area contributed by atoms with Crippen LogP contribution in [0.3, 0.4) is 0 Å². The van der Waals surface area contributed by atoms with E-state index in [1.165, 1.54) is 43.8 Å². The van der Waals surface area contributed by atoms with Gasteiger partial charge in [0.25, 0.3) is 0 Å². The third kappa shape index (κ3) is 5.75. The Bertz CT molecular complexity index is 2700. The van der Waals surface area contributed by atoms with Crippen LogP contribution in [0.5, 0.6) is 0 Å². The van der Waals surface area contributed by atoms with Crippen molar-refractivity contribution < 1.29 is 0 Å². The maximum Gasteiger partial charge on any atom is 0.145 e. The van der Waals surface area contributed by atoms with Crippen molar-refractivity contribution in [3.05, 3.63) is 187 Å². The van der Waals surface area contributed by atoms with E-state index in [-0.39, 0.29) is 5.41 Å². The van der Waals surface area contributed by atoms with Crippen LogP contribution >= 0.6 is 0 Å². The van der Waals surface area contributed by atoms with Gasteiger partial charge in [-0.3, -0.25) is 4.57 Å². The number of benzene rings is 8. The maximum absolute atomic E-state index is 5.50. The zero-order valence-corrected chi connectivity index (χ0v) is 30.6. The lowest BCUT2D eigenvalue weighted by Gasteiger charge is -2.25. The van der Waals surface area contributed by atoms with Gasteiger partial charge in [-0.05, 0) is 100.0 Å². The molecule has 1 heterocycles. The van der Waals surface area contributed by atoms with E-state index in [0.29, 0.717) is 0 Å². The highest BCUT2D eigenvalue weighted by Gasteiger charge is 2.22. The normalized spacial score (nSPS) is 11.8. The molecule has 0 atom stereocenters. The van der Waals surface area contributed by atoms with E-state index in [2.05, 4.69) is 213 Å². The van der Waals surface area contributed by atoms with Crippen molar-refractivity contribution in [3.8, 4) is 28.2 Å². The van der Waals surface area contributed by atoms with Crippen LogP contribution in [-0.4, -0.2) is 9.55 Å². The van der Waals surface area contributed by atoms with Crippen molar-refractivity contribution in [3.63, 3.8) is 0 Å². The second-order valence-electron chi connectivity index (χ2n) is 14.9. The first-order chi connectivity index (χ1) is 25.8. The number of aromatic nitrogens is 2.